The van der Waals surface area contributed by atoms with E-state index in [9.17, 15) is 4.79 Å². The zero-order valence-corrected chi connectivity index (χ0v) is 7.39. The molecule has 0 aromatic rings. The van der Waals surface area contributed by atoms with Gasteiger partial charge in [-0.05, 0) is 20.3 Å². The number of carboxylic acids is 1. The smallest absolute Gasteiger partial charge is 0.309 e. The molecule has 1 N–H and O–H groups in total. The molecular formula is C8H16O3. The number of aliphatic carboxylic acids is 1. The number of carbonyl (C=O) groups is 1. The Morgan fingerprint density at radius 2 is 1.91 bits per heavy atom. The van der Waals surface area contributed by atoms with Gasteiger partial charge in [0.15, 0.2) is 0 Å². The standard InChI is InChI=1S/C6H12O2.C2H4O/c1-4-6(2,3)5(7)8;1-2-3-1/h4H2,1-3H3,(H,7,8);1-2H2. The molecule has 0 aromatic carbocycles. The lowest BCUT2D eigenvalue weighted by Gasteiger charge is -2.14. The first-order valence-corrected chi connectivity index (χ1v) is 3.82. The summed E-state index contributed by atoms with van der Waals surface area (Å²) in [7, 11) is 0. The minimum Gasteiger partial charge on any atom is -0.481 e. The van der Waals surface area contributed by atoms with Crippen LogP contribution in [-0.4, -0.2) is 24.3 Å². The van der Waals surface area contributed by atoms with Crippen LogP contribution in [0.4, 0.5) is 0 Å². The summed E-state index contributed by atoms with van der Waals surface area (Å²) in [5.41, 5.74) is -0.542. The van der Waals surface area contributed by atoms with Crippen LogP contribution in [0, 0.1) is 5.41 Å². The summed E-state index contributed by atoms with van der Waals surface area (Å²) in [4.78, 5) is 10.3. The monoisotopic (exact) mass is 160 g/mol. The first-order valence-electron chi connectivity index (χ1n) is 3.82. The summed E-state index contributed by atoms with van der Waals surface area (Å²) in [5, 5.41) is 8.44. The fraction of sp³-hybridized carbons (Fsp3) is 0.875. The van der Waals surface area contributed by atoms with Gasteiger partial charge in [0.2, 0.25) is 0 Å². The molecule has 0 radical (unpaired) electrons. The maximum atomic E-state index is 10.3. The molecule has 0 amide bonds. The van der Waals surface area contributed by atoms with E-state index >= 15 is 0 Å². The van der Waals surface area contributed by atoms with E-state index in [2.05, 4.69) is 4.74 Å². The highest BCUT2D eigenvalue weighted by molar-refractivity contribution is 5.73. The van der Waals surface area contributed by atoms with Gasteiger partial charge in [0.25, 0.3) is 0 Å². The minimum absolute atomic E-state index is 0.542. The lowest BCUT2D eigenvalue weighted by molar-refractivity contribution is -0.147. The van der Waals surface area contributed by atoms with Crippen LogP contribution in [0.5, 0.6) is 0 Å². The van der Waals surface area contributed by atoms with Crippen LogP contribution < -0.4 is 0 Å². The van der Waals surface area contributed by atoms with Crippen molar-refractivity contribution in [2.45, 2.75) is 27.2 Å². The quantitative estimate of drug-likeness (QED) is 0.623. The average molecular weight is 160 g/mol. The molecule has 0 aromatic heterocycles. The first-order chi connectivity index (χ1) is 5.00. The number of hydrogen-bond donors (Lipinski definition) is 1. The highest BCUT2D eigenvalue weighted by atomic mass is 16.6. The molecule has 0 saturated carbocycles. The molecule has 1 aliphatic rings. The SMILES string of the molecule is C1CO1.CCC(C)(C)C(=O)O. The molecule has 11 heavy (non-hydrogen) atoms. The second-order valence-electron chi connectivity index (χ2n) is 3.15. The molecule has 0 bridgehead atoms. The molecule has 1 fully saturated rings. The summed E-state index contributed by atoms with van der Waals surface area (Å²) in [6.45, 7) is 7.30. The number of carboxylic acid groups (broad SMARTS) is 1. The third kappa shape index (κ3) is 5.85. The average Bonchev–Trinajstić information content (AvgIpc) is 2.71. The van der Waals surface area contributed by atoms with Gasteiger partial charge >= 0.3 is 5.97 Å². The fourth-order valence-electron chi connectivity index (χ4n) is 0.151. The van der Waals surface area contributed by atoms with Gasteiger partial charge in [-0.1, -0.05) is 6.92 Å². The van der Waals surface area contributed by atoms with E-state index in [0.29, 0.717) is 6.42 Å². The normalized spacial score (nSPS) is 14.8. The fourth-order valence-corrected chi connectivity index (χ4v) is 0.151. The minimum atomic E-state index is -0.722. The van der Waals surface area contributed by atoms with Crippen molar-refractivity contribution < 1.29 is 14.6 Å². The molecule has 1 rings (SSSR count). The third-order valence-corrected chi connectivity index (χ3v) is 1.67. The second kappa shape index (κ2) is 4.34. The van der Waals surface area contributed by atoms with Crippen LogP contribution in [0.2, 0.25) is 0 Å². The van der Waals surface area contributed by atoms with E-state index in [1.807, 2.05) is 6.92 Å². The third-order valence-electron chi connectivity index (χ3n) is 1.67. The van der Waals surface area contributed by atoms with Crippen molar-refractivity contribution in [2.75, 3.05) is 13.2 Å². The zero-order chi connectivity index (χ0) is 8.91. The second-order valence-corrected chi connectivity index (χ2v) is 3.15. The van der Waals surface area contributed by atoms with E-state index in [0.717, 1.165) is 13.2 Å². The number of ether oxygens (including phenoxy) is 1. The van der Waals surface area contributed by atoms with Gasteiger partial charge in [-0.3, -0.25) is 4.79 Å². The van der Waals surface area contributed by atoms with Crippen LogP contribution >= 0.6 is 0 Å². The highest BCUT2D eigenvalue weighted by Crippen LogP contribution is 2.18. The molecule has 1 aliphatic heterocycles. The largest absolute Gasteiger partial charge is 0.481 e. The van der Waals surface area contributed by atoms with E-state index in [1.54, 1.807) is 13.8 Å². The summed E-state index contributed by atoms with van der Waals surface area (Å²) >= 11 is 0. The van der Waals surface area contributed by atoms with Gasteiger partial charge < -0.3 is 9.84 Å². The summed E-state index contributed by atoms with van der Waals surface area (Å²) in [5.74, 6) is -0.722. The van der Waals surface area contributed by atoms with Crippen LogP contribution in [-0.2, 0) is 9.53 Å². The summed E-state index contributed by atoms with van der Waals surface area (Å²) in [6, 6.07) is 0. The van der Waals surface area contributed by atoms with Gasteiger partial charge in [-0.2, -0.15) is 0 Å². The Morgan fingerprint density at radius 1 is 1.55 bits per heavy atom. The van der Waals surface area contributed by atoms with Gasteiger partial charge in [0.1, 0.15) is 0 Å². The van der Waals surface area contributed by atoms with Crippen molar-refractivity contribution in [3.05, 3.63) is 0 Å². The first kappa shape index (κ1) is 10.4. The van der Waals surface area contributed by atoms with Gasteiger partial charge in [-0.25, -0.2) is 0 Å². The van der Waals surface area contributed by atoms with Crippen molar-refractivity contribution >= 4 is 5.97 Å². The van der Waals surface area contributed by atoms with Gasteiger partial charge in [0.05, 0.1) is 18.6 Å². The predicted octanol–water partition coefficient (Wildman–Crippen LogP) is 1.52. The zero-order valence-electron chi connectivity index (χ0n) is 7.39. The van der Waals surface area contributed by atoms with Crippen molar-refractivity contribution in [1.29, 1.82) is 0 Å². The van der Waals surface area contributed by atoms with Crippen LogP contribution in [0.3, 0.4) is 0 Å². The van der Waals surface area contributed by atoms with E-state index in [1.165, 1.54) is 0 Å². The predicted molar refractivity (Wildman–Crippen MR) is 42.5 cm³/mol. The van der Waals surface area contributed by atoms with E-state index < -0.39 is 11.4 Å². The maximum absolute atomic E-state index is 10.3. The Hall–Kier alpha value is -0.570. The topological polar surface area (TPSA) is 49.8 Å². The molecule has 0 aliphatic carbocycles. The Kier molecular flexibility index (Phi) is 4.11. The summed E-state index contributed by atoms with van der Waals surface area (Å²) < 4.78 is 4.50. The van der Waals surface area contributed by atoms with Crippen molar-refractivity contribution in [1.82, 2.24) is 0 Å². The lowest BCUT2D eigenvalue weighted by atomic mass is 9.91. The van der Waals surface area contributed by atoms with Crippen molar-refractivity contribution in [3.63, 3.8) is 0 Å². The Morgan fingerprint density at radius 3 is 1.91 bits per heavy atom. The Balaban J connectivity index is 0.000000271. The number of hydrogen-bond acceptors (Lipinski definition) is 2. The molecule has 1 saturated heterocycles. The molecule has 0 spiro atoms. The van der Waals surface area contributed by atoms with Crippen molar-refractivity contribution in [3.8, 4) is 0 Å². The lowest BCUT2D eigenvalue weighted by Crippen LogP contribution is -2.21. The van der Waals surface area contributed by atoms with Crippen LogP contribution in [0.1, 0.15) is 27.2 Å². The molecule has 0 atom stereocenters. The maximum Gasteiger partial charge on any atom is 0.309 e. The van der Waals surface area contributed by atoms with Crippen LogP contribution in [0.15, 0.2) is 0 Å². The van der Waals surface area contributed by atoms with Crippen LogP contribution in [0.25, 0.3) is 0 Å². The summed E-state index contributed by atoms with van der Waals surface area (Å²) in [6.07, 6.45) is 0.683. The highest BCUT2D eigenvalue weighted by Gasteiger charge is 2.23. The van der Waals surface area contributed by atoms with Crippen molar-refractivity contribution in [2.24, 2.45) is 5.41 Å². The van der Waals surface area contributed by atoms with Gasteiger partial charge in [-0.15, -0.1) is 0 Å². The molecule has 3 nitrogen and oxygen atoms in total. The molecule has 0 unspecified atom stereocenters. The number of epoxide rings is 1. The molecule has 66 valence electrons. The van der Waals surface area contributed by atoms with Gasteiger partial charge in [0, 0.05) is 0 Å². The number of rotatable bonds is 2. The molecular weight excluding hydrogens is 144 g/mol. The van der Waals surface area contributed by atoms with E-state index in [-0.39, 0.29) is 0 Å². The Labute approximate surface area is 67.4 Å². The molecule has 3 heteroatoms. The molecule has 1 heterocycles. The van der Waals surface area contributed by atoms with E-state index in [4.69, 9.17) is 5.11 Å². The Bertz CT molecular complexity index is 125.